The molecule has 2 aliphatic rings. The van der Waals surface area contributed by atoms with Crippen LogP contribution in [0.1, 0.15) is 46.0 Å². The first-order valence-corrected chi connectivity index (χ1v) is 7.19. The van der Waals surface area contributed by atoms with E-state index in [1.807, 2.05) is 0 Å². The van der Waals surface area contributed by atoms with Crippen LogP contribution in [0.4, 0.5) is 0 Å². The zero-order valence-electron chi connectivity index (χ0n) is 9.30. The Balaban J connectivity index is 2.11. The zero-order chi connectivity index (χ0) is 10.2. The van der Waals surface area contributed by atoms with E-state index in [0.29, 0.717) is 5.41 Å². The lowest BCUT2D eigenvalue weighted by molar-refractivity contribution is 0.300. The molecule has 0 aromatic carbocycles. The van der Waals surface area contributed by atoms with E-state index in [1.165, 1.54) is 32.1 Å². The summed E-state index contributed by atoms with van der Waals surface area (Å²) in [7, 11) is 0. The lowest BCUT2D eigenvalue weighted by Crippen LogP contribution is -2.17. The zero-order valence-corrected chi connectivity index (χ0v) is 11.5. The average Bonchev–Trinajstić information content (AvgIpc) is 2.44. The van der Waals surface area contributed by atoms with Gasteiger partial charge in [-0.2, -0.15) is 0 Å². The molecule has 3 unspecified atom stereocenters. The molecule has 0 saturated heterocycles. The van der Waals surface area contributed by atoms with Crippen molar-refractivity contribution in [1.82, 2.24) is 0 Å². The van der Waals surface area contributed by atoms with Gasteiger partial charge >= 0.3 is 0 Å². The van der Waals surface area contributed by atoms with Crippen LogP contribution in [0.25, 0.3) is 0 Å². The number of rotatable bonds is 1. The van der Waals surface area contributed by atoms with Gasteiger partial charge in [0.1, 0.15) is 0 Å². The van der Waals surface area contributed by atoms with Gasteiger partial charge in [-0.25, -0.2) is 0 Å². The maximum absolute atomic E-state index is 2.69. The average molecular weight is 304 g/mol. The van der Waals surface area contributed by atoms with E-state index in [-0.39, 0.29) is 0 Å². The Morgan fingerprint density at radius 1 is 1.36 bits per heavy atom. The van der Waals surface area contributed by atoms with E-state index in [2.05, 4.69) is 48.6 Å². The third-order valence-corrected chi connectivity index (χ3v) is 5.45. The third kappa shape index (κ3) is 2.02. The Kier molecular flexibility index (Phi) is 3.25. The summed E-state index contributed by atoms with van der Waals surface area (Å²) in [5.41, 5.74) is 0.610. The Bertz CT molecular complexity index is 231. The molecule has 0 radical (unpaired) electrons. The molecule has 0 heterocycles. The standard InChI is InChI=1S/C13H21I/c1-10(2)11-8-13(9-12(11)14)6-4-3-5-7-13/h4,6,10-12H,3,5,7-9H2,1-2H3. The minimum absolute atomic E-state index is 0.610. The second-order valence-electron chi connectivity index (χ2n) is 5.49. The molecule has 0 N–H and O–H groups in total. The molecule has 2 aliphatic carbocycles. The molecule has 0 nitrogen and oxygen atoms in total. The lowest BCUT2D eigenvalue weighted by atomic mass is 9.76. The Morgan fingerprint density at radius 2 is 2.14 bits per heavy atom. The largest absolute Gasteiger partial charge is 0.0880 e. The van der Waals surface area contributed by atoms with Crippen molar-refractivity contribution in [3.05, 3.63) is 12.2 Å². The van der Waals surface area contributed by atoms with Gasteiger partial charge in [-0.1, -0.05) is 48.6 Å². The fraction of sp³-hybridized carbons (Fsp3) is 0.846. The number of hydrogen-bond acceptors (Lipinski definition) is 0. The van der Waals surface area contributed by atoms with Crippen molar-refractivity contribution >= 4 is 22.6 Å². The topological polar surface area (TPSA) is 0 Å². The molecule has 1 saturated carbocycles. The summed E-state index contributed by atoms with van der Waals surface area (Å²) in [6.07, 6.45) is 12.1. The highest BCUT2D eigenvalue weighted by Gasteiger charge is 2.43. The molecular weight excluding hydrogens is 283 g/mol. The van der Waals surface area contributed by atoms with Gasteiger partial charge in [0.2, 0.25) is 0 Å². The van der Waals surface area contributed by atoms with E-state index < -0.39 is 0 Å². The normalized spacial score (nSPS) is 42.6. The highest BCUT2D eigenvalue weighted by atomic mass is 127. The molecule has 0 bridgehead atoms. The number of allylic oxidation sites excluding steroid dienone is 2. The van der Waals surface area contributed by atoms with Crippen LogP contribution < -0.4 is 0 Å². The molecule has 80 valence electrons. The molecule has 3 atom stereocenters. The van der Waals surface area contributed by atoms with Crippen LogP contribution in [0.3, 0.4) is 0 Å². The van der Waals surface area contributed by atoms with Gasteiger partial charge in [-0.05, 0) is 49.4 Å². The quantitative estimate of drug-likeness (QED) is 0.378. The Hall–Kier alpha value is 0.470. The van der Waals surface area contributed by atoms with Crippen molar-refractivity contribution in [1.29, 1.82) is 0 Å². The van der Waals surface area contributed by atoms with Gasteiger partial charge in [0.05, 0.1) is 0 Å². The fourth-order valence-corrected chi connectivity index (χ4v) is 5.16. The first kappa shape index (κ1) is 11.0. The SMILES string of the molecule is CC(C)C1CC2(C=CCCC2)CC1I. The highest BCUT2D eigenvalue weighted by molar-refractivity contribution is 14.1. The van der Waals surface area contributed by atoms with E-state index in [1.54, 1.807) is 0 Å². The summed E-state index contributed by atoms with van der Waals surface area (Å²) in [6.45, 7) is 4.78. The van der Waals surface area contributed by atoms with Crippen molar-refractivity contribution in [2.75, 3.05) is 0 Å². The minimum Gasteiger partial charge on any atom is -0.0880 e. The summed E-state index contributed by atoms with van der Waals surface area (Å²) in [6, 6.07) is 0. The van der Waals surface area contributed by atoms with Gasteiger partial charge in [-0.3, -0.25) is 0 Å². The van der Waals surface area contributed by atoms with Gasteiger partial charge < -0.3 is 0 Å². The molecular formula is C13H21I. The molecule has 1 heteroatoms. The monoisotopic (exact) mass is 304 g/mol. The Morgan fingerprint density at radius 3 is 2.64 bits per heavy atom. The van der Waals surface area contributed by atoms with Gasteiger partial charge in [0, 0.05) is 3.92 Å². The smallest absolute Gasteiger partial charge is 0.0149 e. The summed E-state index contributed by atoms with van der Waals surface area (Å²) in [5, 5.41) is 0. The van der Waals surface area contributed by atoms with Crippen LogP contribution in [0, 0.1) is 17.3 Å². The lowest BCUT2D eigenvalue weighted by Gasteiger charge is -2.29. The van der Waals surface area contributed by atoms with Crippen molar-refractivity contribution in [2.24, 2.45) is 17.3 Å². The molecule has 0 aromatic rings. The van der Waals surface area contributed by atoms with Gasteiger partial charge in [-0.15, -0.1) is 0 Å². The predicted molar refractivity (Wildman–Crippen MR) is 70.8 cm³/mol. The second kappa shape index (κ2) is 4.15. The molecule has 14 heavy (non-hydrogen) atoms. The van der Waals surface area contributed by atoms with Crippen molar-refractivity contribution in [2.45, 2.75) is 49.9 Å². The maximum Gasteiger partial charge on any atom is 0.0149 e. The van der Waals surface area contributed by atoms with Crippen LogP contribution in [0.5, 0.6) is 0 Å². The van der Waals surface area contributed by atoms with Crippen molar-refractivity contribution < 1.29 is 0 Å². The van der Waals surface area contributed by atoms with Crippen LogP contribution in [0.15, 0.2) is 12.2 Å². The number of halogens is 1. The summed E-state index contributed by atoms with van der Waals surface area (Å²) < 4.78 is 0.912. The van der Waals surface area contributed by atoms with Gasteiger partial charge in [0.25, 0.3) is 0 Å². The van der Waals surface area contributed by atoms with Crippen LogP contribution in [-0.2, 0) is 0 Å². The van der Waals surface area contributed by atoms with E-state index in [4.69, 9.17) is 0 Å². The highest BCUT2D eigenvalue weighted by Crippen LogP contribution is 2.52. The molecule has 1 fully saturated rings. The van der Waals surface area contributed by atoms with E-state index in [0.717, 1.165) is 15.8 Å². The second-order valence-corrected chi connectivity index (χ2v) is 7.09. The summed E-state index contributed by atoms with van der Waals surface area (Å²) >= 11 is 2.69. The molecule has 0 aromatic heterocycles. The minimum atomic E-state index is 0.610. The predicted octanol–water partition coefficient (Wildman–Crippen LogP) is 4.58. The van der Waals surface area contributed by atoms with Crippen molar-refractivity contribution in [3.63, 3.8) is 0 Å². The summed E-state index contributed by atoms with van der Waals surface area (Å²) in [5.74, 6) is 1.82. The van der Waals surface area contributed by atoms with E-state index >= 15 is 0 Å². The molecule has 0 amide bonds. The number of hydrogen-bond donors (Lipinski definition) is 0. The molecule has 0 aliphatic heterocycles. The van der Waals surface area contributed by atoms with Crippen LogP contribution in [-0.4, -0.2) is 3.92 Å². The van der Waals surface area contributed by atoms with Gasteiger partial charge in [0.15, 0.2) is 0 Å². The van der Waals surface area contributed by atoms with Crippen LogP contribution in [0.2, 0.25) is 0 Å². The Labute approximate surface area is 102 Å². The van der Waals surface area contributed by atoms with E-state index in [9.17, 15) is 0 Å². The molecule has 1 spiro atoms. The number of alkyl halides is 1. The first-order chi connectivity index (χ1) is 6.63. The third-order valence-electron chi connectivity index (χ3n) is 4.08. The molecule has 2 rings (SSSR count). The first-order valence-electron chi connectivity index (χ1n) is 5.95. The maximum atomic E-state index is 2.69. The fourth-order valence-electron chi connectivity index (χ4n) is 3.20. The summed E-state index contributed by atoms with van der Waals surface area (Å²) in [4.78, 5) is 0. The van der Waals surface area contributed by atoms with Crippen molar-refractivity contribution in [3.8, 4) is 0 Å². The van der Waals surface area contributed by atoms with Crippen LogP contribution >= 0.6 is 22.6 Å².